The van der Waals surface area contributed by atoms with Crippen LogP contribution < -0.4 is 0 Å². The van der Waals surface area contributed by atoms with Crippen LogP contribution >= 0.6 is 0 Å². The van der Waals surface area contributed by atoms with E-state index < -0.39 is 0 Å². The first kappa shape index (κ1) is 24.5. The van der Waals surface area contributed by atoms with Gasteiger partial charge in [-0.2, -0.15) is 5.10 Å². The molecule has 1 amide bonds. The first-order chi connectivity index (χ1) is 17.2. The summed E-state index contributed by atoms with van der Waals surface area (Å²) in [5.74, 6) is 0.101. The third-order valence-electron chi connectivity index (χ3n) is 7.57. The second-order valence-corrected chi connectivity index (χ2v) is 10.3. The van der Waals surface area contributed by atoms with Crippen LogP contribution in [0.5, 0.6) is 0 Å². The number of hydrogen-bond donors (Lipinski definition) is 1. The van der Waals surface area contributed by atoms with Crippen LogP contribution in [0.15, 0.2) is 53.7 Å². The fourth-order valence-corrected chi connectivity index (χ4v) is 5.55. The molecule has 3 aliphatic heterocycles. The summed E-state index contributed by atoms with van der Waals surface area (Å²) >= 11 is 0. The minimum atomic E-state index is -0.0530. The Labute approximate surface area is 212 Å². The van der Waals surface area contributed by atoms with Crippen LogP contribution in [-0.4, -0.2) is 79.1 Å². The molecule has 36 heavy (non-hydrogen) atoms. The highest BCUT2D eigenvalue weighted by atomic mass is 16.3. The number of aryl methyl sites for hydroxylation is 2. The Morgan fingerprint density at radius 3 is 2.69 bits per heavy atom. The molecule has 0 aromatic carbocycles. The molecule has 2 aromatic rings. The van der Waals surface area contributed by atoms with Gasteiger partial charge in [0.15, 0.2) is 0 Å². The van der Waals surface area contributed by atoms with Crippen LogP contribution in [0.3, 0.4) is 0 Å². The van der Waals surface area contributed by atoms with Gasteiger partial charge in [0, 0.05) is 50.2 Å². The molecule has 2 atom stereocenters. The van der Waals surface area contributed by atoms with Gasteiger partial charge >= 0.3 is 0 Å². The van der Waals surface area contributed by atoms with Crippen LogP contribution in [0.1, 0.15) is 44.3 Å². The van der Waals surface area contributed by atoms with Crippen molar-refractivity contribution in [2.45, 2.75) is 47.1 Å². The summed E-state index contributed by atoms with van der Waals surface area (Å²) in [6.07, 6.45) is 10.9. The number of aliphatic hydroxyl groups is 1. The van der Waals surface area contributed by atoms with Gasteiger partial charge in [0.2, 0.25) is 0 Å². The molecule has 5 heterocycles. The summed E-state index contributed by atoms with van der Waals surface area (Å²) in [6, 6.07) is 2.38. The lowest BCUT2D eigenvalue weighted by atomic mass is 9.91. The lowest BCUT2D eigenvalue weighted by molar-refractivity contribution is -0.122. The molecule has 1 N–H and O–H groups in total. The average molecular weight is 489 g/mol. The van der Waals surface area contributed by atoms with Crippen molar-refractivity contribution >= 4 is 17.0 Å². The maximum Gasteiger partial charge on any atom is 0.255 e. The smallest absolute Gasteiger partial charge is 0.255 e. The summed E-state index contributed by atoms with van der Waals surface area (Å²) in [6.45, 7) is 13.9. The third-order valence-corrected chi connectivity index (χ3v) is 7.57. The Kier molecular flexibility index (Phi) is 6.57. The van der Waals surface area contributed by atoms with E-state index in [2.05, 4.69) is 47.7 Å². The SMILES string of the molecule is CC1=CC(N2CCN(CCO)C(C)C2)=CN2C(=O)C=C(c3cc4c(C)nc(C)cn4n3)C(C)CC=C12. The number of allylic oxidation sites excluding steroid dienone is 4. The Bertz CT molecular complexity index is 1320. The Morgan fingerprint density at radius 2 is 1.94 bits per heavy atom. The lowest BCUT2D eigenvalue weighted by Crippen LogP contribution is -2.52. The molecule has 2 unspecified atom stereocenters. The minimum Gasteiger partial charge on any atom is -0.395 e. The number of amides is 1. The number of hydrogen-bond acceptors (Lipinski definition) is 6. The van der Waals surface area contributed by atoms with Gasteiger partial charge in [-0.3, -0.25) is 19.6 Å². The minimum absolute atomic E-state index is 0.0530. The molecule has 3 aliphatic rings. The number of piperazine rings is 1. The molecule has 8 heteroatoms. The van der Waals surface area contributed by atoms with Crippen molar-refractivity contribution in [3.05, 3.63) is 70.7 Å². The summed E-state index contributed by atoms with van der Waals surface area (Å²) in [7, 11) is 0. The molecule has 1 saturated heterocycles. The van der Waals surface area contributed by atoms with Crippen molar-refractivity contribution in [1.29, 1.82) is 0 Å². The van der Waals surface area contributed by atoms with E-state index in [9.17, 15) is 9.90 Å². The number of β-amino-alcohol motifs (C(OH)–C–C–N with tert-alkyl or cyclic N) is 1. The van der Waals surface area contributed by atoms with E-state index in [4.69, 9.17) is 5.10 Å². The number of aromatic nitrogens is 3. The zero-order valence-corrected chi connectivity index (χ0v) is 21.9. The molecular weight excluding hydrogens is 452 g/mol. The Balaban J connectivity index is 1.46. The van der Waals surface area contributed by atoms with Crippen molar-refractivity contribution in [3.63, 3.8) is 0 Å². The lowest BCUT2D eigenvalue weighted by Gasteiger charge is -2.42. The highest BCUT2D eigenvalue weighted by molar-refractivity contribution is 5.98. The van der Waals surface area contributed by atoms with Gasteiger partial charge in [-0.15, -0.1) is 0 Å². The highest BCUT2D eigenvalue weighted by Crippen LogP contribution is 2.34. The first-order valence-corrected chi connectivity index (χ1v) is 12.8. The molecule has 0 spiro atoms. The van der Waals surface area contributed by atoms with E-state index in [0.29, 0.717) is 12.6 Å². The maximum absolute atomic E-state index is 13.7. The van der Waals surface area contributed by atoms with E-state index in [1.165, 1.54) is 0 Å². The molecular formula is C28H36N6O2. The van der Waals surface area contributed by atoms with Gasteiger partial charge < -0.3 is 10.0 Å². The Hall–Kier alpha value is -3.23. The average Bonchev–Trinajstić information content (AvgIpc) is 3.25. The van der Waals surface area contributed by atoms with Crippen LogP contribution in [0.25, 0.3) is 11.1 Å². The van der Waals surface area contributed by atoms with Crippen molar-refractivity contribution in [3.8, 4) is 0 Å². The monoisotopic (exact) mass is 488 g/mol. The summed E-state index contributed by atoms with van der Waals surface area (Å²) in [5, 5.41) is 14.2. The summed E-state index contributed by atoms with van der Waals surface area (Å²) < 4.78 is 1.87. The quantitative estimate of drug-likeness (QED) is 0.712. The second-order valence-electron chi connectivity index (χ2n) is 10.3. The van der Waals surface area contributed by atoms with Crippen LogP contribution in [0.4, 0.5) is 0 Å². The number of rotatable bonds is 4. The van der Waals surface area contributed by atoms with Crippen LogP contribution in [-0.2, 0) is 4.79 Å². The first-order valence-electron chi connectivity index (χ1n) is 12.8. The molecule has 2 aromatic heterocycles. The van der Waals surface area contributed by atoms with Crippen molar-refractivity contribution < 1.29 is 9.90 Å². The Morgan fingerprint density at radius 1 is 1.14 bits per heavy atom. The van der Waals surface area contributed by atoms with Gasteiger partial charge in [0.05, 0.1) is 41.1 Å². The predicted molar refractivity (Wildman–Crippen MR) is 141 cm³/mol. The van der Waals surface area contributed by atoms with Gasteiger partial charge in [0.1, 0.15) is 0 Å². The van der Waals surface area contributed by atoms with Gasteiger partial charge in [-0.25, -0.2) is 4.52 Å². The summed E-state index contributed by atoms with van der Waals surface area (Å²) in [5.41, 5.74) is 7.69. The van der Waals surface area contributed by atoms with Crippen LogP contribution in [0, 0.1) is 19.8 Å². The van der Waals surface area contributed by atoms with E-state index in [-0.39, 0.29) is 18.4 Å². The fraction of sp³-hybridized carbons (Fsp3) is 0.464. The van der Waals surface area contributed by atoms with Gasteiger partial charge in [-0.05, 0) is 63.3 Å². The second kappa shape index (κ2) is 9.67. The molecule has 0 aliphatic carbocycles. The van der Waals surface area contributed by atoms with Gasteiger partial charge in [0.25, 0.3) is 5.91 Å². The molecule has 0 radical (unpaired) electrons. The molecule has 5 rings (SSSR count). The number of nitrogens with zero attached hydrogens (tertiary/aromatic N) is 6. The molecule has 190 valence electrons. The molecule has 8 nitrogen and oxygen atoms in total. The van der Waals surface area contributed by atoms with Crippen molar-refractivity contribution in [1.82, 2.24) is 29.3 Å². The maximum atomic E-state index is 13.7. The standard InChI is InChI=1S/C28H36N6O2/c1-18-6-7-26-19(2)12-23(32-9-8-31(10-11-35)21(4)16-32)17-33(26)28(36)13-24(18)25-14-27-22(5)29-20(3)15-34(27)30-25/h7,12-15,17-18,21,35H,6,8-11,16H2,1-5H3. The van der Waals surface area contributed by atoms with E-state index >= 15 is 0 Å². The van der Waals surface area contributed by atoms with E-state index in [1.807, 2.05) is 36.8 Å². The van der Waals surface area contributed by atoms with E-state index in [1.54, 1.807) is 11.0 Å². The zero-order valence-electron chi connectivity index (χ0n) is 21.9. The molecule has 1 fully saturated rings. The zero-order chi connectivity index (χ0) is 25.6. The number of aliphatic hydroxyl groups excluding tert-OH is 1. The largest absolute Gasteiger partial charge is 0.395 e. The summed E-state index contributed by atoms with van der Waals surface area (Å²) in [4.78, 5) is 24.7. The normalized spacial score (nSPS) is 23.6. The number of carbonyl (C=O) groups excluding carboxylic acids is 1. The topological polar surface area (TPSA) is 77.2 Å². The highest BCUT2D eigenvalue weighted by Gasteiger charge is 2.29. The predicted octanol–water partition coefficient (Wildman–Crippen LogP) is 3.28. The fourth-order valence-electron chi connectivity index (χ4n) is 5.55. The van der Waals surface area contributed by atoms with Crippen LogP contribution in [0.2, 0.25) is 0 Å². The third kappa shape index (κ3) is 4.51. The van der Waals surface area contributed by atoms with Crippen molar-refractivity contribution in [2.75, 3.05) is 32.8 Å². The number of carbonyl (C=O) groups is 1. The number of fused-ring (bicyclic) bond motifs is 2. The van der Waals surface area contributed by atoms with Gasteiger partial charge in [-0.1, -0.05) is 13.0 Å². The molecule has 0 bridgehead atoms. The molecule has 0 saturated carbocycles. The van der Waals surface area contributed by atoms with E-state index in [0.717, 1.165) is 71.2 Å². The van der Waals surface area contributed by atoms with Crippen molar-refractivity contribution in [2.24, 2.45) is 5.92 Å².